The molecule has 192 valence electrons. The number of hydrogen-bond donors (Lipinski definition) is 3. The lowest BCUT2D eigenvalue weighted by atomic mass is 9.83. The molecule has 1 aromatic carbocycles. The van der Waals surface area contributed by atoms with Gasteiger partial charge in [-0.05, 0) is 50.8 Å². The Hall–Kier alpha value is -3.41. The van der Waals surface area contributed by atoms with Gasteiger partial charge in [0.25, 0.3) is 0 Å². The van der Waals surface area contributed by atoms with E-state index in [-0.39, 0.29) is 35.9 Å². The highest BCUT2D eigenvalue weighted by Gasteiger charge is 2.33. The van der Waals surface area contributed by atoms with E-state index in [4.69, 9.17) is 4.98 Å². The van der Waals surface area contributed by atoms with E-state index in [0.29, 0.717) is 36.5 Å². The third kappa shape index (κ3) is 4.81. The third-order valence-corrected chi connectivity index (χ3v) is 6.93. The van der Waals surface area contributed by atoms with Crippen molar-refractivity contribution < 1.29 is 23.1 Å². The number of amides is 1. The SMILES string of the molecule is CC(C)(O)C1CCN(c2nc(N[C@@H]3CNC(=O)C3)nc3c2cnn3-c2cccc(C(F)(F)F)c2)CC1. The van der Waals surface area contributed by atoms with Crippen molar-refractivity contribution in [1.82, 2.24) is 25.1 Å². The summed E-state index contributed by atoms with van der Waals surface area (Å²) >= 11 is 0. The van der Waals surface area contributed by atoms with Gasteiger partial charge < -0.3 is 20.6 Å². The number of alkyl halides is 3. The minimum atomic E-state index is -4.49. The summed E-state index contributed by atoms with van der Waals surface area (Å²) in [4.78, 5) is 23.1. The number of hydrogen-bond acceptors (Lipinski definition) is 7. The van der Waals surface area contributed by atoms with Crippen molar-refractivity contribution in [3.63, 3.8) is 0 Å². The van der Waals surface area contributed by atoms with E-state index >= 15 is 0 Å². The molecule has 2 saturated heterocycles. The van der Waals surface area contributed by atoms with Crippen LogP contribution in [-0.4, -0.2) is 62.0 Å². The molecule has 5 rings (SSSR count). The first kappa shape index (κ1) is 24.3. The predicted octanol–water partition coefficient (Wildman–Crippen LogP) is 3.12. The van der Waals surface area contributed by atoms with E-state index in [1.807, 2.05) is 13.8 Å². The highest BCUT2D eigenvalue weighted by Crippen LogP contribution is 2.35. The molecule has 2 aliphatic heterocycles. The number of aliphatic hydroxyl groups is 1. The number of benzene rings is 1. The lowest BCUT2D eigenvalue weighted by Crippen LogP contribution is -2.42. The molecule has 2 fully saturated rings. The molecule has 4 heterocycles. The topological polar surface area (TPSA) is 108 Å². The molecule has 2 aliphatic rings. The number of aromatic nitrogens is 4. The summed E-state index contributed by atoms with van der Waals surface area (Å²) in [7, 11) is 0. The molecule has 0 aliphatic carbocycles. The second-order valence-electron chi connectivity index (χ2n) is 9.98. The zero-order chi connectivity index (χ0) is 25.7. The minimum absolute atomic E-state index is 0.0727. The normalized spacial score (nSPS) is 19.7. The lowest BCUT2D eigenvalue weighted by Gasteiger charge is -2.38. The second kappa shape index (κ2) is 8.91. The van der Waals surface area contributed by atoms with Gasteiger partial charge in [0.05, 0.1) is 34.5 Å². The molecule has 0 unspecified atom stereocenters. The van der Waals surface area contributed by atoms with Crippen LogP contribution in [-0.2, 0) is 11.0 Å². The maximum atomic E-state index is 13.3. The molecule has 0 radical (unpaired) electrons. The average molecular weight is 504 g/mol. The summed E-state index contributed by atoms with van der Waals surface area (Å²) < 4.78 is 41.4. The summed E-state index contributed by atoms with van der Waals surface area (Å²) in [5.41, 5.74) is -0.964. The number of fused-ring (bicyclic) bond motifs is 1. The summed E-state index contributed by atoms with van der Waals surface area (Å²) in [5, 5.41) is 21.4. The van der Waals surface area contributed by atoms with E-state index < -0.39 is 17.3 Å². The van der Waals surface area contributed by atoms with Crippen LogP contribution in [0, 0.1) is 5.92 Å². The maximum absolute atomic E-state index is 13.3. The number of piperidine rings is 1. The van der Waals surface area contributed by atoms with Crippen molar-refractivity contribution in [2.24, 2.45) is 5.92 Å². The Morgan fingerprint density at radius 2 is 1.92 bits per heavy atom. The average Bonchev–Trinajstić information content (AvgIpc) is 3.43. The highest BCUT2D eigenvalue weighted by molar-refractivity contribution is 5.89. The monoisotopic (exact) mass is 503 g/mol. The number of anilines is 2. The number of nitrogens with one attached hydrogen (secondary N) is 2. The Balaban J connectivity index is 1.55. The zero-order valence-electron chi connectivity index (χ0n) is 20.0. The van der Waals surface area contributed by atoms with E-state index in [2.05, 4.69) is 25.6 Å². The Labute approximate surface area is 205 Å². The Morgan fingerprint density at radius 1 is 1.17 bits per heavy atom. The summed E-state index contributed by atoms with van der Waals surface area (Å²) in [6, 6.07) is 4.73. The van der Waals surface area contributed by atoms with Crippen LogP contribution in [0.5, 0.6) is 0 Å². The van der Waals surface area contributed by atoms with E-state index in [1.54, 1.807) is 12.3 Å². The fourth-order valence-corrected chi connectivity index (χ4v) is 4.89. The van der Waals surface area contributed by atoms with Gasteiger partial charge in [-0.1, -0.05) is 6.07 Å². The third-order valence-electron chi connectivity index (χ3n) is 6.93. The van der Waals surface area contributed by atoms with E-state index in [9.17, 15) is 23.1 Å². The van der Waals surface area contributed by atoms with Crippen LogP contribution < -0.4 is 15.5 Å². The van der Waals surface area contributed by atoms with Gasteiger partial charge in [-0.25, -0.2) is 4.68 Å². The van der Waals surface area contributed by atoms with Crippen molar-refractivity contribution >= 4 is 28.7 Å². The first-order valence-electron chi connectivity index (χ1n) is 11.9. The fraction of sp³-hybridized carbons (Fsp3) is 0.500. The number of halogens is 3. The standard InChI is InChI=1S/C24H28F3N7O2/c1-23(2,36)14-6-8-33(9-7-14)20-18-13-29-34(17-5-3-4-15(10-17)24(25,26)27)21(18)32-22(31-20)30-16-11-19(35)28-12-16/h3-5,10,13-14,16,36H,6-9,11-12H2,1-2H3,(H,28,35)(H,30,31,32)/t16-/m0/s1. The van der Waals surface area contributed by atoms with Crippen LogP contribution in [0.25, 0.3) is 16.7 Å². The van der Waals surface area contributed by atoms with Gasteiger partial charge in [0.15, 0.2) is 5.65 Å². The van der Waals surface area contributed by atoms with E-state index in [1.165, 1.54) is 10.7 Å². The molecular weight excluding hydrogens is 475 g/mol. The van der Waals surface area contributed by atoms with Crippen molar-refractivity contribution in [3.8, 4) is 5.69 Å². The van der Waals surface area contributed by atoms with Crippen LogP contribution in [0.3, 0.4) is 0 Å². The molecule has 3 aromatic rings. The molecule has 3 N–H and O–H groups in total. The van der Waals surface area contributed by atoms with Gasteiger partial charge in [-0.2, -0.15) is 28.2 Å². The van der Waals surface area contributed by atoms with Crippen molar-refractivity contribution in [1.29, 1.82) is 0 Å². The highest BCUT2D eigenvalue weighted by atomic mass is 19.4. The summed E-state index contributed by atoms with van der Waals surface area (Å²) in [6.07, 6.45) is -1.11. The second-order valence-corrected chi connectivity index (χ2v) is 9.98. The maximum Gasteiger partial charge on any atom is 0.416 e. The van der Waals surface area contributed by atoms with Crippen molar-refractivity contribution in [3.05, 3.63) is 36.0 Å². The Bertz CT molecular complexity index is 1280. The van der Waals surface area contributed by atoms with Gasteiger partial charge in [-0.15, -0.1) is 0 Å². The number of rotatable bonds is 5. The Kier molecular flexibility index (Phi) is 6.01. The zero-order valence-corrected chi connectivity index (χ0v) is 20.0. The number of carbonyl (C=O) groups is 1. The number of nitrogens with zero attached hydrogens (tertiary/aromatic N) is 5. The Morgan fingerprint density at radius 3 is 2.56 bits per heavy atom. The summed E-state index contributed by atoms with van der Waals surface area (Å²) in [6.45, 7) is 5.36. The minimum Gasteiger partial charge on any atom is -0.390 e. The van der Waals surface area contributed by atoms with Crippen LogP contribution >= 0.6 is 0 Å². The molecule has 0 saturated carbocycles. The molecule has 2 aromatic heterocycles. The van der Waals surface area contributed by atoms with Crippen LogP contribution in [0.15, 0.2) is 30.5 Å². The van der Waals surface area contributed by atoms with Crippen LogP contribution in [0.4, 0.5) is 24.9 Å². The number of carbonyl (C=O) groups excluding carboxylic acids is 1. The molecule has 12 heteroatoms. The lowest BCUT2D eigenvalue weighted by molar-refractivity contribution is -0.137. The van der Waals surface area contributed by atoms with Crippen molar-refractivity contribution in [2.75, 3.05) is 29.9 Å². The summed E-state index contributed by atoms with van der Waals surface area (Å²) in [5.74, 6) is 0.966. The van der Waals surface area contributed by atoms with Gasteiger partial charge in [0, 0.05) is 26.1 Å². The first-order valence-corrected chi connectivity index (χ1v) is 11.9. The van der Waals surface area contributed by atoms with Gasteiger partial charge in [0.1, 0.15) is 5.82 Å². The first-order chi connectivity index (χ1) is 17.0. The molecule has 9 nitrogen and oxygen atoms in total. The molecule has 0 bridgehead atoms. The molecule has 1 atom stereocenters. The molecule has 36 heavy (non-hydrogen) atoms. The van der Waals surface area contributed by atoms with Gasteiger partial charge in [-0.3, -0.25) is 4.79 Å². The quantitative estimate of drug-likeness (QED) is 0.491. The van der Waals surface area contributed by atoms with Gasteiger partial charge >= 0.3 is 6.18 Å². The molecular formula is C24H28F3N7O2. The van der Waals surface area contributed by atoms with Crippen LogP contribution in [0.1, 0.15) is 38.7 Å². The van der Waals surface area contributed by atoms with E-state index in [0.717, 1.165) is 25.0 Å². The largest absolute Gasteiger partial charge is 0.416 e. The molecule has 1 amide bonds. The molecule has 0 spiro atoms. The predicted molar refractivity (Wildman–Crippen MR) is 128 cm³/mol. The smallest absolute Gasteiger partial charge is 0.390 e. The van der Waals surface area contributed by atoms with Crippen LogP contribution in [0.2, 0.25) is 0 Å². The fourth-order valence-electron chi connectivity index (χ4n) is 4.89. The van der Waals surface area contributed by atoms with Gasteiger partial charge in [0.2, 0.25) is 11.9 Å². The van der Waals surface area contributed by atoms with Crippen molar-refractivity contribution in [2.45, 2.75) is 50.9 Å².